The topological polar surface area (TPSA) is 76.7 Å². The summed E-state index contributed by atoms with van der Waals surface area (Å²) in [5, 5.41) is 5.92. The van der Waals surface area contributed by atoms with Crippen LogP contribution in [0.15, 0.2) is 18.2 Å². The lowest BCUT2D eigenvalue weighted by molar-refractivity contribution is -0.119. The maximum atomic E-state index is 12.1. The molecule has 1 fully saturated rings. The molecule has 0 radical (unpaired) electrons. The number of esters is 1. The van der Waals surface area contributed by atoms with Crippen LogP contribution in [0.25, 0.3) is 0 Å². The number of carbonyl (C=O) groups is 2. The van der Waals surface area contributed by atoms with Crippen molar-refractivity contribution in [2.75, 3.05) is 32.6 Å². The van der Waals surface area contributed by atoms with Crippen LogP contribution >= 0.6 is 0 Å². The van der Waals surface area contributed by atoms with Crippen LogP contribution in [0.3, 0.4) is 0 Å². The number of benzene rings is 1. The highest BCUT2D eigenvalue weighted by atomic mass is 16.5. The van der Waals surface area contributed by atoms with Crippen LogP contribution in [-0.4, -0.2) is 39.2 Å². The minimum Gasteiger partial charge on any atom is -0.497 e. The van der Waals surface area contributed by atoms with Gasteiger partial charge in [-0.15, -0.1) is 0 Å². The van der Waals surface area contributed by atoms with Gasteiger partial charge in [0.15, 0.2) is 0 Å². The third kappa shape index (κ3) is 3.08. The average molecular weight is 278 g/mol. The number of hydrogen-bond acceptors (Lipinski definition) is 5. The molecule has 1 heterocycles. The van der Waals surface area contributed by atoms with E-state index in [9.17, 15) is 9.59 Å². The first-order valence-electron chi connectivity index (χ1n) is 6.43. The van der Waals surface area contributed by atoms with Gasteiger partial charge in [0.2, 0.25) is 5.91 Å². The smallest absolute Gasteiger partial charge is 0.340 e. The molecule has 2 N–H and O–H groups in total. The molecule has 20 heavy (non-hydrogen) atoms. The van der Waals surface area contributed by atoms with E-state index in [1.165, 1.54) is 14.2 Å². The van der Waals surface area contributed by atoms with E-state index in [-0.39, 0.29) is 17.4 Å². The second kappa shape index (κ2) is 6.38. The van der Waals surface area contributed by atoms with Crippen molar-refractivity contribution in [3.8, 4) is 5.75 Å². The van der Waals surface area contributed by atoms with Crippen molar-refractivity contribution >= 4 is 17.6 Å². The van der Waals surface area contributed by atoms with E-state index >= 15 is 0 Å². The summed E-state index contributed by atoms with van der Waals surface area (Å²) in [6.45, 7) is 1.50. The Bertz CT molecular complexity index is 510. The zero-order valence-corrected chi connectivity index (χ0v) is 11.6. The van der Waals surface area contributed by atoms with Crippen LogP contribution in [0.1, 0.15) is 16.8 Å². The van der Waals surface area contributed by atoms with Crippen molar-refractivity contribution in [3.05, 3.63) is 23.8 Å². The molecule has 1 aromatic rings. The van der Waals surface area contributed by atoms with Gasteiger partial charge < -0.3 is 20.1 Å². The van der Waals surface area contributed by atoms with Gasteiger partial charge in [0.25, 0.3) is 0 Å². The van der Waals surface area contributed by atoms with Crippen molar-refractivity contribution in [1.82, 2.24) is 5.32 Å². The van der Waals surface area contributed by atoms with Gasteiger partial charge in [-0.3, -0.25) is 4.79 Å². The van der Waals surface area contributed by atoms with E-state index in [2.05, 4.69) is 10.6 Å². The summed E-state index contributed by atoms with van der Waals surface area (Å²) in [5.74, 6) is -0.136. The molecular weight excluding hydrogens is 260 g/mol. The third-order valence-corrected chi connectivity index (χ3v) is 3.32. The summed E-state index contributed by atoms with van der Waals surface area (Å²) < 4.78 is 9.80. The second-order valence-electron chi connectivity index (χ2n) is 4.58. The molecule has 6 heteroatoms. The van der Waals surface area contributed by atoms with Crippen molar-refractivity contribution in [2.24, 2.45) is 5.92 Å². The number of methoxy groups -OCH3 is 2. The largest absolute Gasteiger partial charge is 0.497 e. The van der Waals surface area contributed by atoms with Crippen molar-refractivity contribution in [2.45, 2.75) is 6.42 Å². The molecule has 108 valence electrons. The number of anilines is 1. The Balaban J connectivity index is 2.21. The molecule has 1 saturated heterocycles. The quantitative estimate of drug-likeness (QED) is 0.804. The summed E-state index contributed by atoms with van der Waals surface area (Å²) in [6, 6.07) is 4.88. The zero-order valence-electron chi connectivity index (χ0n) is 11.6. The second-order valence-corrected chi connectivity index (χ2v) is 4.58. The van der Waals surface area contributed by atoms with Gasteiger partial charge in [0.1, 0.15) is 5.75 Å². The molecule has 1 unspecified atom stereocenters. The van der Waals surface area contributed by atoms with Crippen molar-refractivity contribution < 1.29 is 19.1 Å². The highest BCUT2D eigenvalue weighted by molar-refractivity contribution is 6.02. The first-order valence-corrected chi connectivity index (χ1v) is 6.43. The van der Waals surface area contributed by atoms with E-state index in [0.29, 0.717) is 18.0 Å². The molecule has 1 amide bonds. The predicted molar refractivity (Wildman–Crippen MR) is 73.9 cm³/mol. The lowest BCUT2D eigenvalue weighted by atomic mass is 10.1. The molecule has 0 aliphatic carbocycles. The average Bonchev–Trinajstić information content (AvgIpc) is 3.01. The monoisotopic (exact) mass is 278 g/mol. The van der Waals surface area contributed by atoms with Crippen molar-refractivity contribution in [3.63, 3.8) is 0 Å². The van der Waals surface area contributed by atoms with E-state index in [1.807, 2.05) is 0 Å². The van der Waals surface area contributed by atoms with Crippen LogP contribution in [0, 0.1) is 5.92 Å². The normalized spacial score (nSPS) is 17.6. The van der Waals surface area contributed by atoms with Gasteiger partial charge in [-0.05, 0) is 31.2 Å². The molecule has 0 spiro atoms. The van der Waals surface area contributed by atoms with E-state index in [4.69, 9.17) is 9.47 Å². The summed E-state index contributed by atoms with van der Waals surface area (Å²) in [4.78, 5) is 23.9. The molecule has 1 aromatic carbocycles. The van der Waals surface area contributed by atoms with E-state index in [1.54, 1.807) is 18.2 Å². The molecule has 1 atom stereocenters. The van der Waals surface area contributed by atoms with E-state index in [0.717, 1.165) is 13.0 Å². The Hall–Kier alpha value is -2.08. The first kappa shape index (κ1) is 14.3. The zero-order chi connectivity index (χ0) is 14.5. The summed E-state index contributed by atoms with van der Waals surface area (Å²) in [7, 11) is 2.81. The minimum absolute atomic E-state index is 0.0670. The molecular formula is C14H18N2O4. The predicted octanol–water partition coefficient (Wildman–Crippen LogP) is 1.03. The lowest BCUT2D eigenvalue weighted by Crippen LogP contribution is -2.25. The molecule has 6 nitrogen and oxygen atoms in total. The van der Waals surface area contributed by atoms with Crippen LogP contribution < -0.4 is 15.4 Å². The first-order chi connectivity index (χ1) is 9.65. The number of ether oxygens (including phenoxy) is 2. The fourth-order valence-corrected chi connectivity index (χ4v) is 2.15. The SMILES string of the molecule is COC(=O)c1cc(OC)ccc1NC(=O)C1CCNC1. The standard InChI is InChI=1S/C14H18N2O4/c1-19-10-3-4-12(11(7-10)14(18)20-2)16-13(17)9-5-6-15-8-9/h3-4,7,9,15H,5-6,8H2,1-2H3,(H,16,17). The Morgan fingerprint density at radius 3 is 2.75 bits per heavy atom. The van der Waals surface area contributed by atoms with Crippen LogP contribution in [0.2, 0.25) is 0 Å². The Morgan fingerprint density at radius 2 is 2.15 bits per heavy atom. The van der Waals surface area contributed by atoms with E-state index < -0.39 is 5.97 Å². The highest BCUT2D eigenvalue weighted by Gasteiger charge is 2.24. The lowest BCUT2D eigenvalue weighted by Gasteiger charge is -2.13. The molecule has 2 rings (SSSR count). The van der Waals surface area contributed by atoms with Gasteiger partial charge in [-0.25, -0.2) is 4.79 Å². The van der Waals surface area contributed by atoms with Crippen LogP contribution in [0.5, 0.6) is 5.75 Å². The number of amides is 1. The summed E-state index contributed by atoms with van der Waals surface area (Å²) in [6.07, 6.45) is 0.801. The van der Waals surface area contributed by atoms with Gasteiger partial charge in [-0.2, -0.15) is 0 Å². The third-order valence-electron chi connectivity index (χ3n) is 3.32. The number of nitrogens with one attached hydrogen (secondary N) is 2. The summed E-state index contributed by atoms with van der Waals surface area (Å²) in [5.41, 5.74) is 0.723. The molecule has 0 aromatic heterocycles. The highest BCUT2D eigenvalue weighted by Crippen LogP contribution is 2.24. The van der Waals surface area contributed by atoms with Crippen LogP contribution in [0.4, 0.5) is 5.69 Å². The van der Waals surface area contributed by atoms with Gasteiger partial charge in [0, 0.05) is 6.54 Å². The Labute approximate surface area is 117 Å². The fourth-order valence-electron chi connectivity index (χ4n) is 2.15. The number of hydrogen-bond donors (Lipinski definition) is 2. The van der Waals surface area contributed by atoms with Gasteiger partial charge in [0.05, 0.1) is 31.4 Å². The number of carbonyl (C=O) groups excluding carboxylic acids is 2. The van der Waals surface area contributed by atoms with Crippen molar-refractivity contribution in [1.29, 1.82) is 0 Å². The maximum Gasteiger partial charge on any atom is 0.340 e. The molecule has 0 bridgehead atoms. The maximum absolute atomic E-state index is 12.1. The Kier molecular flexibility index (Phi) is 4.57. The number of rotatable bonds is 4. The molecule has 1 aliphatic rings. The minimum atomic E-state index is -0.510. The molecule has 0 saturated carbocycles. The fraction of sp³-hybridized carbons (Fsp3) is 0.429. The Morgan fingerprint density at radius 1 is 1.35 bits per heavy atom. The van der Waals surface area contributed by atoms with Crippen LogP contribution in [-0.2, 0) is 9.53 Å². The molecule has 1 aliphatic heterocycles. The summed E-state index contributed by atoms with van der Waals surface area (Å²) >= 11 is 0. The van der Waals surface area contributed by atoms with Gasteiger partial charge >= 0.3 is 5.97 Å². The van der Waals surface area contributed by atoms with Gasteiger partial charge in [-0.1, -0.05) is 0 Å².